The highest BCUT2D eigenvalue weighted by Gasteiger charge is 2.29. The molecule has 6 nitrogen and oxygen atoms in total. The van der Waals surface area contributed by atoms with Gasteiger partial charge in [-0.1, -0.05) is 12.1 Å². The highest BCUT2D eigenvalue weighted by molar-refractivity contribution is 8.00. The van der Waals surface area contributed by atoms with Gasteiger partial charge in [-0.05, 0) is 61.4 Å². The fraction of sp³-hybridized carbons (Fsp3) is 0.231. The Morgan fingerprint density at radius 1 is 0.882 bits per heavy atom. The molecule has 2 N–H and O–H groups in total. The minimum Gasteiger partial charge on any atom is -0.510 e. The number of aromatic hydroxyl groups is 1. The van der Waals surface area contributed by atoms with E-state index >= 15 is 0 Å². The molecule has 0 spiro atoms. The summed E-state index contributed by atoms with van der Waals surface area (Å²) in [5.41, 5.74) is 2.78. The number of thioether (sulfide) groups is 1. The average Bonchev–Trinajstić information content (AvgIpc) is 3.42. The van der Waals surface area contributed by atoms with E-state index in [4.69, 9.17) is 9.47 Å². The number of thiophene rings is 1. The minimum absolute atomic E-state index is 0.0500. The normalized spacial score (nSPS) is 14.9. The fourth-order valence-corrected chi connectivity index (χ4v) is 5.68. The van der Waals surface area contributed by atoms with Gasteiger partial charge in [-0.3, -0.25) is 9.59 Å². The highest BCUT2D eigenvalue weighted by Crippen LogP contribution is 2.43. The van der Waals surface area contributed by atoms with Crippen molar-refractivity contribution in [3.63, 3.8) is 0 Å². The number of Topliss-reactive ketones (excluding diaryl/α,β-unsaturated/α-hetero) is 2. The molecule has 0 saturated carbocycles. The van der Waals surface area contributed by atoms with Crippen LogP contribution < -0.4 is 9.47 Å². The summed E-state index contributed by atoms with van der Waals surface area (Å²) in [7, 11) is 3.22. The Labute approximate surface area is 206 Å². The predicted octanol–water partition coefficient (Wildman–Crippen LogP) is 6.22. The Bertz CT molecular complexity index is 1190. The lowest BCUT2D eigenvalue weighted by molar-refractivity contribution is -0.113. The van der Waals surface area contributed by atoms with E-state index in [0.29, 0.717) is 21.8 Å². The summed E-state index contributed by atoms with van der Waals surface area (Å²) >= 11 is 2.93. The van der Waals surface area contributed by atoms with Crippen LogP contribution in [0.3, 0.4) is 0 Å². The summed E-state index contributed by atoms with van der Waals surface area (Å²) in [5.74, 6) is 2.21. The monoisotopic (exact) mass is 498 g/mol. The van der Waals surface area contributed by atoms with E-state index in [9.17, 15) is 19.8 Å². The fourth-order valence-electron chi connectivity index (χ4n) is 3.34. The molecule has 1 aliphatic rings. The first-order valence-electron chi connectivity index (χ1n) is 10.4. The van der Waals surface area contributed by atoms with Crippen molar-refractivity contribution < 1.29 is 29.3 Å². The van der Waals surface area contributed by atoms with E-state index < -0.39 is 0 Å². The van der Waals surface area contributed by atoms with Gasteiger partial charge in [-0.15, -0.1) is 23.1 Å². The number of benzene rings is 2. The topological polar surface area (TPSA) is 93.1 Å². The summed E-state index contributed by atoms with van der Waals surface area (Å²) in [5, 5.41) is 21.5. The summed E-state index contributed by atoms with van der Waals surface area (Å²) in [4.78, 5) is 23.2. The Hall–Kier alpha value is -3.23. The van der Waals surface area contributed by atoms with Crippen LogP contribution in [0.25, 0.3) is 10.4 Å². The molecule has 8 heteroatoms. The zero-order valence-corrected chi connectivity index (χ0v) is 21.0. The van der Waals surface area contributed by atoms with Crippen LogP contribution in [0.1, 0.15) is 35.0 Å². The molecule has 1 unspecified atom stereocenters. The Kier molecular flexibility index (Phi) is 8.41. The van der Waals surface area contributed by atoms with Crippen molar-refractivity contribution in [2.75, 3.05) is 20.0 Å². The number of hydrogen-bond acceptors (Lipinski definition) is 8. The maximum atomic E-state index is 11.3. The molecule has 4 rings (SSSR count). The molecule has 1 atom stereocenters. The third-order valence-corrected chi connectivity index (χ3v) is 7.59. The maximum Gasteiger partial charge on any atom is 0.164 e. The van der Waals surface area contributed by atoms with Gasteiger partial charge in [-0.25, -0.2) is 0 Å². The van der Waals surface area contributed by atoms with E-state index in [-0.39, 0.29) is 28.3 Å². The van der Waals surface area contributed by atoms with Gasteiger partial charge in [0, 0.05) is 16.7 Å². The molecule has 0 bridgehead atoms. The van der Waals surface area contributed by atoms with Crippen LogP contribution in [0.5, 0.6) is 17.2 Å². The van der Waals surface area contributed by atoms with E-state index in [1.807, 2.05) is 48.5 Å². The standard InChI is InChI=1S/C13H14O3S.C13H12O3S/c2*1-8(14)11-7-17-13(12(11)15)9-3-5-10(16-2)6-4-9/h3-6,13,15H,7H2,1-2H3;3-7,15H,1-2H3. The molecule has 0 radical (unpaired) electrons. The number of rotatable bonds is 6. The number of ether oxygens (including phenoxy) is 2. The van der Waals surface area contributed by atoms with Crippen molar-refractivity contribution in [2.24, 2.45) is 0 Å². The first-order chi connectivity index (χ1) is 16.3. The molecule has 1 aliphatic heterocycles. The van der Waals surface area contributed by atoms with Crippen LogP contribution in [-0.4, -0.2) is 41.8 Å². The molecule has 2 aromatic carbocycles. The largest absolute Gasteiger partial charge is 0.510 e. The van der Waals surface area contributed by atoms with Gasteiger partial charge in [0.25, 0.3) is 0 Å². The Balaban J connectivity index is 0.000000191. The van der Waals surface area contributed by atoms with Crippen molar-refractivity contribution in [3.8, 4) is 27.7 Å². The van der Waals surface area contributed by atoms with E-state index in [1.54, 1.807) is 31.4 Å². The summed E-state index contributed by atoms with van der Waals surface area (Å²) < 4.78 is 10.1. The van der Waals surface area contributed by atoms with Crippen LogP contribution in [-0.2, 0) is 4.79 Å². The van der Waals surface area contributed by atoms with Crippen LogP contribution in [0.15, 0.2) is 65.2 Å². The summed E-state index contributed by atoms with van der Waals surface area (Å²) in [6.07, 6.45) is 0. The molecule has 2 heterocycles. The quantitative estimate of drug-likeness (QED) is 0.390. The number of hydrogen-bond donors (Lipinski definition) is 2. The average molecular weight is 499 g/mol. The minimum atomic E-state index is -0.126. The van der Waals surface area contributed by atoms with Crippen LogP contribution in [0.4, 0.5) is 0 Å². The number of methoxy groups -OCH3 is 2. The van der Waals surface area contributed by atoms with E-state index in [0.717, 1.165) is 22.6 Å². The molecular weight excluding hydrogens is 472 g/mol. The molecule has 3 aromatic rings. The number of aliphatic hydroxyl groups excluding tert-OH is 1. The lowest BCUT2D eigenvalue weighted by atomic mass is 10.1. The second kappa shape index (κ2) is 11.3. The van der Waals surface area contributed by atoms with Crippen molar-refractivity contribution in [3.05, 3.63) is 76.4 Å². The smallest absolute Gasteiger partial charge is 0.164 e. The van der Waals surface area contributed by atoms with Crippen LogP contribution in [0.2, 0.25) is 0 Å². The number of carbonyl (C=O) groups excluding carboxylic acids is 2. The van der Waals surface area contributed by atoms with Crippen molar-refractivity contribution in [1.29, 1.82) is 0 Å². The molecule has 0 fully saturated rings. The van der Waals surface area contributed by atoms with Gasteiger partial charge in [0.2, 0.25) is 0 Å². The van der Waals surface area contributed by atoms with E-state index in [1.165, 1.54) is 25.2 Å². The molecule has 178 valence electrons. The third-order valence-electron chi connectivity index (χ3n) is 5.29. The van der Waals surface area contributed by atoms with Crippen molar-refractivity contribution in [2.45, 2.75) is 19.1 Å². The van der Waals surface area contributed by atoms with Gasteiger partial charge in [0.05, 0.1) is 29.9 Å². The van der Waals surface area contributed by atoms with Crippen LogP contribution >= 0.6 is 23.1 Å². The molecule has 0 saturated heterocycles. The second-order valence-electron chi connectivity index (χ2n) is 7.50. The lowest BCUT2D eigenvalue weighted by Crippen LogP contribution is -2.00. The summed E-state index contributed by atoms with van der Waals surface area (Å²) in [6.45, 7) is 2.93. The van der Waals surface area contributed by atoms with E-state index in [2.05, 4.69) is 0 Å². The summed E-state index contributed by atoms with van der Waals surface area (Å²) in [6, 6.07) is 14.9. The zero-order valence-electron chi connectivity index (χ0n) is 19.3. The molecule has 0 aliphatic carbocycles. The maximum absolute atomic E-state index is 11.3. The number of ketones is 2. The van der Waals surface area contributed by atoms with Gasteiger partial charge in [-0.2, -0.15) is 0 Å². The molecular formula is C26H26O6S2. The Morgan fingerprint density at radius 3 is 1.88 bits per heavy atom. The zero-order chi connectivity index (χ0) is 24.8. The van der Waals surface area contributed by atoms with Gasteiger partial charge < -0.3 is 19.7 Å². The Morgan fingerprint density at radius 2 is 1.44 bits per heavy atom. The van der Waals surface area contributed by atoms with Gasteiger partial charge in [0.15, 0.2) is 11.6 Å². The van der Waals surface area contributed by atoms with Crippen molar-refractivity contribution >= 4 is 34.7 Å². The van der Waals surface area contributed by atoms with Gasteiger partial charge >= 0.3 is 0 Å². The predicted molar refractivity (Wildman–Crippen MR) is 137 cm³/mol. The SMILES string of the molecule is COc1ccc(-c2scc(C(C)=O)c2O)cc1.COc1ccc(C2SCC(C(C)=O)=C2O)cc1. The number of aliphatic hydroxyl groups is 1. The lowest BCUT2D eigenvalue weighted by Gasteiger charge is -2.10. The van der Waals surface area contributed by atoms with Crippen LogP contribution in [0, 0.1) is 0 Å². The molecule has 34 heavy (non-hydrogen) atoms. The third kappa shape index (κ3) is 5.63. The van der Waals surface area contributed by atoms with Crippen molar-refractivity contribution in [1.82, 2.24) is 0 Å². The second-order valence-corrected chi connectivity index (χ2v) is 9.47. The molecule has 0 amide bonds. The molecule has 1 aromatic heterocycles. The number of carbonyl (C=O) groups is 2. The van der Waals surface area contributed by atoms with Gasteiger partial charge in [0.1, 0.15) is 23.0 Å². The first kappa shape index (κ1) is 25.4. The first-order valence-corrected chi connectivity index (χ1v) is 12.3. The highest BCUT2D eigenvalue weighted by atomic mass is 32.2.